The number of nitrogens with one attached hydrogen (secondary N) is 1. The van der Waals surface area contributed by atoms with E-state index in [4.69, 9.17) is 4.74 Å². The molecule has 19 heavy (non-hydrogen) atoms. The lowest BCUT2D eigenvalue weighted by Gasteiger charge is -2.29. The summed E-state index contributed by atoms with van der Waals surface area (Å²) in [4.78, 5) is 0. The zero-order valence-electron chi connectivity index (χ0n) is 12.8. The highest BCUT2D eigenvalue weighted by molar-refractivity contribution is 5.56. The van der Waals surface area contributed by atoms with Crippen LogP contribution in [0, 0.1) is 0 Å². The molecule has 1 aliphatic carbocycles. The third kappa shape index (κ3) is 3.73. The molecule has 1 unspecified atom stereocenters. The molecule has 1 aliphatic rings. The van der Waals surface area contributed by atoms with Crippen LogP contribution in [0.2, 0.25) is 0 Å². The zero-order chi connectivity index (χ0) is 13.9. The first kappa shape index (κ1) is 14.4. The number of aryl methyl sites for hydroxylation is 1. The molecule has 1 aromatic rings. The molecular weight excluding hydrogens is 234 g/mol. The summed E-state index contributed by atoms with van der Waals surface area (Å²) in [5.74, 6) is 0. The predicted octanol–water partition coefficient (Wildman–Crippen LogP) is 4.18. The van der Waals surface area contributed by atoms with Crippen molar-refractivity contribution in [3.8, 4) is 0 Å². The van der Waals surface area contributed by atoms with Gasteiger partial charge in [0.15, 0.2) is 0 Å². The third-order valence-corrected chi connectivity index (χ3v) is 4.15. The minimum Gasteiger partial charge on any atom is -0.382 e. The van der Waals surface area contributed by atoms with Gasteiger partial charge in [-0.05, 0) is 70.1 Å². The summed E-state index contributed by atoms with van der Waals surface area (Å²) in [5.41, 5.74) is 4.34. The summed E-state index contributed by atoms with van der Waals surface area (Å²) in [6.07, 6.45) is 6.13. The molecule has 0 radical (unpaired) electrons. The van der Waals surface area contributed by atoms with Gasteiger partial charge in [0.25, 0.3) is 0 Å². The third-order valence-electron chi connectivity index (χ3n) is 4.15. The molecule has 1 atom stereocenters. The highest BCUT2D eigenvalue weighted by Gasteiger charge is 2.21. The quantitative estimate of drug-likeness (QED) is 0.858. The molecule has 0 heterocycles. The summed E-state index contributed by atoms with van der Waals surface area (Å²) in [7, 11) is 1.79. The maximum atomic E-state index is 5.52. The van der Waals surface area contributed by atoms with E-state index >= 15 is 0 Å². The van der Waals surface area contributed by atoms with E-state index in [-0.39, 0.29) is 5.60 Å². The van der Waals surface area contributed by atoms with Crippen molar-refractivity contribution in [1.29, 1.82) is 0 Å². The fourth-order valence-corrected chi connectivity index (χ4v) is 3.05. The molecule has 0 saturated carbocycles. The Labute approximate surface area is 117 Å². The van der Waals surface area contributed by atoms with Crippen LogP contribution in [0.25, 0.3) is 0 Å². The van der Waals surface area contributed by atoms with Crippen molar-refractivity contribution in [1.82, 2.24) is 0 Å². The number of anilines is 1. The van der Waals surface area contributed by atoms with E-state index in [0.717, 1.165) is 6.42 Å². The summed E-state index contributed by atoms with van der Waals surface area (Å²) >= 11 is 0. The molecule has 2 rings (SSSR count). The Bertz CT molecular complexity index is 425. The van der Waals surface area contributed by atoms with Crippen LogP contribution in [0.4, 0.5) is 5.69 Å². The van der Waals surface area contributed by atoms with Crippen molar-refractivity contribution in [2.45, 2.75) is 64.5 Å². The van der Waals surface area contributed by atoms with Crippen LogP contribution in [-0.4, -0.2) is 18.8 Å². The van der Waals surface area contributed by atoms with Crippen molar-refractivity contribution in [2.24, 2.45) is 0 Å². The molecule has 0 amide bonds. The van der Waals surface area contributed by atoms with Gasteiger partial charge in [-0.2, -0.15) is 0 Å². The SMILES string of the molecule is COC(C)(C)CC(C)Nc1cccc2c1CCCC2. The Morgan fingerprint density at radius 3 is 2.74 bits per heavy atom. The monoisotopic (exact) mass is 261 g/mol. The van der Waals surface area contributed by atoms with Gasteiger partial charge in [-0.3, -0.25) is 0 Å². The van der Waals surface area contributed by atoms with Crippen molar-refractivity contribution < 1.29 is 4.74 Å². The number of methoxy groups -OCH3 is 1. The predicted molar refractivity (Wildman–Crippen MR) is 81.9 cm³/mol. The first-order valence-electron chi connectivity index (χ1n) is 7.44. The van der Waals surface area contributed by atoms with E-state index in [1.165, 1.54) is 42.5 Å². The van der Waals surface area contributed by atoms with Crippen LogP contribution in [0.15, 0.2) is 18.2 Å². The molecule has 2 nitrogen and oxygen atoms in total. The fourth-order valence-electron chi connectivity index (χ4n) is 3.05. The van der Waals surface area contributed by atoms with Gasteiger partial charge in [0, 0.05) is 18.8 Å². The van der Waals surface area contributed by atoms with E-state index in [0.29, 0.717) is 6.04 Å². The van der Waals surface area contributed by atoms with Gasteiger partial charge in [-0.15, -0.1) is 0 Å². The molecule has 0 saturated heterocycles. The topological polar surface area (TPSA) is 21.3 Å². The van der Waals surface area contributed by atoms with E-state index < -0.39 is 0 Å². The summed E-state index contributed by atoms with van der Waals surface area (Å²) in [5, 5.41) is 3.68. The minimum absolute atomic E-state index is 0.0682. The fraction of sp³-hybridized carbons (Fsp3) is 0.647. The van der Waals surface area contributed by atoms with Gasteiger partial charge >= 0.3 is 0 Å². The Hall–Kier alpha value is -1.02. The van der Waals surface area contributed by atoms with Gasteiger partial charge in [0.1, 0.15) is 0 Å². The Balaban J connectivity index is 2.07. The maximum Gasteiger partial charge on any atom is 0.0642 e. The summed E-state index contributed by atoms with van der Waals surface area (Å²) < 4.78 is 5.52. The number of rotatable bonds is 5. The van der Waals surface area contributed by atoms with Gasteiger partial charge in [-0.1, -0.05) is 12.1 Å². The number of fused-ring (bicyclic) bond motifs is 1. The Morgan fingerprint density at radius 2 is 2.00 bits per heavy atom. The highest BCUT2D eigenvalue weighted by Crippen LogP contribution is 2.29. The molecule has 0 spiro atoms. The van der Waals surface area contributed by atoms with Crippen LogP contribution in [-0.2, 0) is 17.6 Å². The van der Waals surface area contributed by atoms with Crippen molar-refractivity contribution in [3.05, 3.63) is 29.3 Å². The van der Waals surface area contributed by atoms with Crippen LogP contribution >= 0.6 is 0 Å². The maximum absolute atomic E-state index is 5.52. The average molecular weight is 261 g/mol. The molecule has 0 fully saturated rings. The summed E-state index contributed by atoms with van der Waals surface area (Å²) in [6, 6.07) is 7.10. The van der Waals surface area contributed by atoms with Crippen LogP contribution in [0.3, 0.4) is 0 Å². The van der Waals surface area contributed by atoms with E-state index in [1.54, 1.807) is 7.11 Å². The van der Waals surface area contributed by atoms with Crippen LogP contribution < -0.4 is 5.32 Å². The van der Waals surface area contributed by atoms with E-state index in [2.05, 4.69) is 44.3 Å². The lowest BCUT2D eigenvalue weighted by Crippen LogP contribution is -2.31. The van der Waals surface area contributed by atoms with Crippen molar-refractivity contribution in [2.75, 3.05) is 12.4 Å². The van der Waals surface area contributed by atoms with Gasteiger partial charge in [-0.25, -0.2) is 0 Å². The van der Waals surface area contributed by atoms with E-state index in [1.807, 2.05) is 0 Å². The van der Waals surface area contributed by atoms with Crippen molar-refractivity contribution >= 4 is 5.69 Å². The number of benzene rings is 1. The normalized spacial score (nSPS) is 16.8. The lowest BCUT2D eigenvalue weighted by molar-refractivity contribution is 0.0128. The number of hydrogen-bond acceptors (Lipinski definition) is 2. The highest BCUT2D eigenvalue weighted by atomic mass is 16.5. The average Bonchev–Trinajstić information content (AvgIpc) is 2.38. The van der Waals surface area contributed by atoms with Gasteiger partial charge in [0.05, 0.1) is 5.60 Å². The largest absolute Gasteiger partial charge is 0.382 e. The number of hydrogen-bond donors (Lipinski definition) is 1. The van der Waals surface area contributed by atoms with Gasteiger partial charge < -0.3 is 10.1 Å². The molecular formula is C17H27NO. The summed E-state index contributed by atoms with van der Waals surface area (Å²) in [6.45, 7) is 6.53. The second kappa shape index (κ2) is 5.96. The molecule has 0 bridgehead atoms. The van der Waals surface area contributed by atoms with Gasteiger partial charge in [0.2, 0.25) is 0 Å². The molecule has 106 valence electrons. The van der Waals surface area contributed by atoms with E-state index in [9.17, 15) is 0 Å². The Kier molecular flexibility index (Phi) is 4.51. The smallest absolute Gasteiger partial charge is 0.0642 e. The molecule has 1 N–H and O–H groups in total. The first-order chi connectivity index (χ1) is 9.02. The van der Waals surface area contributed by atoms with Crippen LogP contribution in [0.1, 0.15) is 51.2 Å². The second-order valence-electron chi connectivity index (χ2n) is 6.36. The second-order valence-corrected chi connectivity index (χ2v) is 6.36. The molecule has 1 aromatic carbocycles. The zero-order valence-corrected chi connectivity index (χ0v) is 12.8. The van der Waals surface area contributed by atoms with Crippen LogP contribution in [0.5, 0.6) is 0 Å². The molecule has 0 aromatic heterocycles. The standard InChI is InChI=1S/C17H27NO/c1-13(12-17(2,3)19-4)18-16-11-7-9-14-8-5-6-10-15(14)16/h7,9,11,13,18H,5-6,8,10,12H2,1-4H3. The Morgan fingerprint density at radius 1 is 1.26 bits per heavy atom. The number of ether oxygens (including phenoxy) is 1. The lowest BCUT2D eigenvalue weighted by atomic mass is 9.90. The molecule has 2 heteroatoms. The van der Waals surface area contributed by atoms with Crippen molar-refractivity contribution in [3.63, 3.8) is 0 Å². The minimum atomic E-state index is -0.0682. The molecule has 0 aliphatic heterocycles. The first-order valence-corrected chi connectivity index (χ1v) is 7.44.